The quantitative estimate of drug-likeness (QED) is 0.336. The van der Waals surface area contributed by atoms with Crippen molar-refractivity contribution >= 4 is 29.5 Å². The van der Waals surface area contributed by atoms with E-state index < -0.39 is 5.97 Å². The summed E-state index contributed by atoms with van der Waals surface area (Å²) in [6, 6.07) is 14.6. The van der Waals surface area contributed by atoms with Gasteiger partial charge in [0.1, 0.15) is 5.75 Å². The average molecular weight is 384 g/mol. The largest absolute Gasteiger partial charge is 0.494 e. The van der Waals surface area contributed by atoms with Gasteiger partial charge >= 0.3 is 5.97 Å². The zero-order valence-corrected chi connectivity index (χ0v) is 16.0. The summed E-state index contributed by atoms with van der Waals surface area (Å²) < 4.78 is 11.0. The number of benzene rings is 2. The minimum absolute atomic E-state index is 0.271. The van der Waals surface area contributed by atoms with E-state index in [0.29, 0.717) is 10.6 Å². The van der Waals surface area contributed by atoms with Crippen LogP contribution in [0.2, 0.25) is 5.02 Å². The third kappa shape index (κ3) is 5.44. The number of halogens is 1. The van der Waals surface area contributed by atoms with Crippen LogP contribution in [0.3, 0.4) is 0 Å². The first-order valence-corrected chi connectivity index (χ1v) is 9.55. The van der Waals surface area contributed by atoms with Crippen molar-refractivity contribution in [2.45, 2.75) is 32.6 Å². The molecule has 0 amide bonds. The molecule has 0 unspecified atom stereocenters. The van der Waals surface area contributed by atoms with Crippen LogP contribution in [0.1, 0.15) is 43.7 Å². The maximum Gasteiger partial charge on any atom is 0.363 e. The summed E-state index contributed by atoms with van der Waals surface area (Å²) in [7, 11) is 0. The summed E-state index contributed by atoms with van der Waals surface area (Å²) in [6.45, 7) is 2.91. The third-order valence-corrected chi connectivity index (χ3v) is 4.41. The number of unbranched alkanes of at least 4 members (excludes halogenated alkanes) is 3. The van der Waals surface area contributed by atoms with E-state index in [2.05, 4.69) is 11.9 Å². The summed E-state index contributed by atoms with van der Waals surface area (Å²) in [5.74, 6) is 0.652. The van der Waals surface area contributed by atoms with Crippen LogP contribution in [0, 0.1) is 0 Å². The van der Waals surface area contributed by atoms with Crippen LogP contribution in [0.15, 0.2) is 59.2 Å². The molecule has 2 aromatic rings. The van der Waals surface area contributed by atoms with E-state index in [-0.39, 0.29) is 11.6 Å². The Bertz CT molecular complexity index is 839. The molecule has 1 aliphatic heterocycles. The molecule has 4 nitrogen and oxygen atoms in total. The zero-order valence-electron chi connectivity index (χ0n) is 15.3. The number of carbonyl (C=O) groups excluding carboxylic acids is 1. The molecule has 0 bridgehead atoms. The molecular weight excluding hydrogens is 362 g/mol. The normalized spacial score (nSPS) is 15.0. The summed E-state index contributed by atoms with van der Waals surface area (Å²) in [5, 5.41) is 0.618. The molecule has 140 valence electrons. The second-order valence-electron chi connectivity index (χ2n) is 6.32. The van der Waals surface area contributed by atoms with E-state index in [4.69, 9.17) is 21.1 Å². The molecule has 1 heterocycles. The van der Waals surface area contributed by atoms with Crippen molar-refractivity contribution < 1.29 is 14.3 Å². The molecule has 1 aliphatic rings. The number of cyclic esters (lactones) is 1. The average Bonchev–Trinajstić information content (AvgIpc) is 3.04. The lowest BCUT2D eigenvalue weighted by Crippen LogP contribution is -2.05. The van der Waals surface area contributed by atoms with Gasteiger partial charge < -0.3 is 9.47 Å². The number of rotatable bonds is 8. The Morgan fingerprint density at radius 1 is 1.04 bits per heavy atom. The van der Waals surface area contributed by atoms with Gasteiger partial charge in [-0.2, -0.15) is 0 Å². The van der Waals surface area contributed by atoms with Crippen molar-refractivity contribution in [1.82, 2.24) is 0 Å². The lowest BCUT2D eigenvalue weighted by molar-refractivity contribution is -0.129. The topological polar surface area (TPSA) is 47.9 Å². The molecule has 0 aromatic heterocycles. The maximum atomic E-state index is 12.1. The fraction of sp³-hybridized carbons (Fsp3) is 0.273. The van der Waals surface area contributed by atoms with Crippen LogP contribution >= 0.6 is 11.6 Å². The highest BCUT2D eigenvalue weighted by molar-refractivity contribution is 6.30. The SMILES string of the molecule is CCCCCCOc1ccc(C=C2N=C(c3ccc(Cl)cc3)OC2=O)cc1. The van der Waals surface area contributed by atoms with E-state index >= 15 is 0 Å². The van der Waals surface area contributed by atoms with Crippen LogP contribution in [0.5, 0.6) is 5.75 Å². The Kier molecular flexibility index (Phi) is 6.66. The third-order valence-electron chi connectivity index (χ3n) is 4.16. The summed E-state index contributed by atoms with van der Waals surface area (Å²) in [5.41, 5.74) is 1.84. The van der Waals surface area contributed by atoms with Crippen molar-refractivity contribution in [3.8, 4) is 5.75 Å². The van der Waals surface area contributed by atoms with Gasteiger partial charge in [-0.05, 0) is 54.5 Å². The van der Waals surface area contributed by atoms with E-state index in [0.717, 1.165) is 24.3 Å². The molecule has 2 aromatic carbocycles. The van der Waals surface area contributed by atoms with Gasteiger partial charge in [-0.3, -0.25) is 0 Å². The number of aliphatic imine (C=N–C) groups is 1. The zero-order chi connectivity index (χ0) is 19.1. The molecule has 5 heteroatoms. The van der Waals surface area contributed by atoms with Gasteiger partial charge in [-0.1, -0.05) is 49.9 Å². The van der Waals surface area contributed by atoms with Crippen LogP contribution in [0.25, 0.3) is 6.08 Å². The first-order valence-electron chi connectivity index (χ1n) is 9.17. The predicted molar refractivity (Wildman–Crippen MR) is 108 cm³/mol. The molecular formula is C22H22ClNO3. The molecule has 0 N–H and O–H groups in total. The fourth-order valence-corrected chi connectivity index (χ4v) is 2.79. The van der Waals surface area contributed by atoms with Crippen LogP contribution in [-0.4, -0.2) is 18.5 Å². The van der Waals surface area contributed by atoms with E-state index in [1.54, 1.807) is 30.3 Å². The molecule has 0 spiro atoms. The molecule has 3 rings (SSSR count). The predicted octanol–water partition coefficient (Wildman–Crippen LogP) is 5.64. The number of ether oxygens (including phenoxy) is 2. The van der Waals surface area contributed by atoms with E-state index in [1.165, 1.54) is 19.3 Å². The van der Waals surface area contributed by atoms with Gasteiger partial charge in [0.05, 0.1) is 6.61 Å². The van der Waals surface area contributed by atoms with Gasteiger partial charge in [0, 0.05) is 10.6 Å². The maximum absolute atomic E-state index is 12.1. The van der Waals surface area contributed by atoms with E-state index in [9.17, 15) is 4.79 Å². The van der Waals surface area contributed by atoms with Crippen molar-refractivity contribution in [3.63, 3.8) is 0 Å². The van der Waals surface area contributed by atoms with Crippen LogP contribution in [-0.2, 0) is 9.53 Å². The molecule has 0 fully saturated rings. The van der Waals surface area contributed by atoms with Gasteiger partial charge in [-0.15, -0.1) is 0 Å². The number of carbonyl (C=O) groups is 1. The number of nitrogens with zero attached hydrogens (tertiary/aromatic N) is 1. The summed E-state index contributed by atoms with van der Waals surface area (Å²) >= 11 is 5.88. The van der Waals surface area contributed by atoms with Gasteiger partial charge in [0.2, 0.25) is 5.90 Å². The Morgan fingerprint density at radius 3 is 2.48 bits per heavy atom. The highest BCUT2D eigenvalue weighted by atomic mass is 35.5. The number of hydrogen-bond acceptors (Lipinski definition) is 4. The van der Waals surface area contributed by atoms with Crippen molar-refractivity contribution in [2.75, 3.05) is 6.61 Å². The van der Waals surface area contributed by atoms with Crippen LogP contribution in [0.4, 0.5) is 0 Å². The number of esters is 1. The second kappa shape index (κ2) is 9.38. The molecule has 0 saturated heterocycles. The van der Waals surface area contributed by atoms with Crippen LogP contribution < -0.4 is 4.74 Å². The Balaban J connectivity index is 1.63. The standard InChI is InChI=1S/C22H22ClNO3/c1-2-3-4-5-14-26-19-12-6-16(7-13-19)15-20-22(25)27-21(24-20)17-8-10-18(23)11-9-17/h6-13,15H,2-5,14H2,1H3. The second-order valence-corrected chi connectivity index (χ2v) is 6.76. The van der Waals surface area contributed by atoms with Gasteiger partial charge in [-0.25, -0.2) is 9.79 Å². The minimum Gasteiger partial charge on any atom is -0.494 e. The van der Waals surface area contributed by atoms with Crippen molar-refractivity contribution in [3.05, 3.63) is 70.4 Å². The fourth-order valence-electron chi connectivity index (χ4n) is 2.66. The highest BCUT2D eigenvalue weighted by Crippen LogP contribution is 2.21. The molecule has 0 radical (unpaired) electrons. The smallest absolute Gasteiger partial charge is 0.363 e. The van der Waals surface area contributed by atoms with Gasteiger partial charge in [0.15, 0.2) is 5.70 Å². The van der Waals surface area contributed by atoms with E-state index in [1.807, 2.05) is 24.3 Å². The molecule has 0 aliphatic carbocycles. The first-order chi connectivity index (χ1) is 13.2. The molecule has 0 atom stereocenters. The summed E-state index contributed by atoms with van der Waals surface area (Å²) in [4.78, 5) is 16.4. The summed E-state index contributed by atoms with van der Waals surface area (Å²) in [6.07, 6.45) is 6.42. The lowest BCUT2D eigenvalue weighted by atomic mass is 10.2. The first kappa shape index (κ1) is 19.2. The molecule has 27 heavy (non-hydrogen) atoms. The Morgan fingerprint density at radius 2 is 1.78 bits per heavy atom. The minimum atomic E-state index is -0.462. The van der Waals surface area contributed by atoms with Crippen molar-refractivity contribution in [2.24, 2.45) is 4.99 Å². The Hall–Kier alpha value is -2.59. The molecule has 0 saturated carbocycles. The lowest BCUT2D eigenvalue weighted by Gasteiger charge is -2.06. The number of hydrogen-bond donors (Lipinski definition) is 0. The van der Waals surface area contributed by atoms with Crippen molar-refractivity contribution in [1.29, 1.82) is 0 Å². The highest BCUT2D eigenvalue weighted by Gasteiger charge is 2.24. The van der Waals surface area contributed by atoms with Gasteiger partial charge in [0.25, 0.3) is 0 Å². The monoisotopic (exact) mass is 383 g/mol. The Labute approximate surface area is 164 Å².